The Kier molecular flexibility index (Phi) is 4.77. The van der Waals surface area contributed by atoms with Crippen LogP contribution in [0.3, 0.4) is 0 Å². The van der Waals surface area contributed by atoms with E-state index >= 15 is 0 Å². The van der Waals surface area contributed by atoms with Crippen LogP contribution in [-0.2, 0) is 4.79 Å². The van der Waals surface area contributed by atoms with Gasteiger partial charge in [0.15, 0.2) is 5.13 Å². The summed E-state index contributed by atoms with van der Waals surface area (Å²) < 4.78 is 13.1. The summed E-state index contributed by atoms with van der Waals surface area (Å²) in [4.78, 5) is 21.5. The molecule has 1 aromatic carbocycles. The van der Waals surface area contributed by atoms with E-state index in [1.54, 1.807) is 24.4 Å². The van der Waals surface area contributed by atoms with Crippen LogP contribution in [0, 0.1) is 12.7 Å². The fourth-order valence-electron chi connectivity index (χ4n) is 2.11. The highest BCUT2D eigenvalue weighted by molar-refractivity contribution is 7.19. The molecule has 0 aliphatic rings. The second kappa shape index (κ2) is 7.14. The van der Waals surface area contributed by atoms with E-state index in [0.717, 1.165) is 16.3 Å². The Morgan fingerprint density at radius 1 is 1.25 bits per heavy atom. The maximum Gasteiger partial charge on any atom is 0.250 e. The fourth-order valence-corrected chi connectivity index (χ4v) is 3.06. The Hall–Kier alpha value is -2.86. The zero-order valence-corrected chi connectivity index (χ0v) is 13.7. The normalized spacial score (nSPS) is 10.9. The van der Waals surface area contributed by atoms with Gasteiger partial charge >= 0.3 is 0 Å². The second-order valence-electron chi connectivity index (χ2n) is 5.03. The van der Waals surface area contributed by atoms with E-state index < -0.39 is 0 Å². The molecule has 0 aliphatic heterocycles. The molecule has 0 aliphatic carbocycles. The fraction of sp³-hybridized carbons (Fsp3) is 0.0556. The van der Waals surface area contributed by atoms with Crippen LogP contribution in [0.15, 0.2) is 54.7 Å². The number of carbonyl (C=O) groups is 1. The number of hydrogen-bond donors (Lipinski definition) is 1. The summed E-state index contributed by atoms with van der Waals surface area (Å²) in [6.07, 6.45) is 4.62. The number of benzene rings is 1. The molecule has 0 saturated carbocycles. The van der Waals surface area contributed by atoms with Crippen LogP contribution in [0.4, 0.5) is 9.52 Å². The number of nitrogens with one attached hydrogen (secondary N) is 1. The number of aromatic nitrogens is 2. The molecule has 120 valence electrons. The van der Waals surface area contributed by atoms with Gasteiger partial charge in [0.2, 0.25) is 5.91 Å². The highest BCUT2D eigenvalue weighted by atomic mass is 32.1. The van der Waals surface area contributed by atoms with E-state index in [1.165, 1.54) is 29.5 Å². The Morgan fingerprint density at radius 2 is 2.12 bits per heavy atom. The summed E-state index contributed by atoms with van der Waals surface area (Å²) in [7, 11) is 0. The quantitative estimate of drug-likeness (QED) is 0.721. The zero-order chi connectivity index (χ0) is 16.9. The summed E-state index contributed by atoms with van der Waals surface area (Å²) >= 11 is 1.37. The summed E-state index contributed by atoms with van der Waals surface area (Å²) in [5.41, 5.74) is 2.25. The Bertz CT molecular complexity index is 890. The molecule has 3 aromatic rings. The van der Waals surface area contributed by atoms with Crippen LogP contribution in [-0.4, -0.2) is 15.9 Å². The maximum absolute atomic E-state index is 13.1. The third kappa shape index (κ3) is 3.91. The topological polar surface area (TPSA) is 54.9 Å². The first kappa shape index (κ1) is 16.0. The van der Waals surface area contributed by atoms with Gasteiger partial charge in [-0.3, -0.25) is 15.1 Å². The molecule has 0 atom stereocenters. The SMILES string of the molecule is Cc1nc(NC(=O)/C=C/c2cccc(F)c2)sc1-c1ccccn1. The van der Waals surface area contributed by atoms with Crippen LogP contribution >= 0.6 is 11.3 Å². The smallest absolute Gasteiger partial charge is 0.250 e. The summed E-state index contributed by atoms with van der Waals surface area (Å²) in [5.74, 6) is -0.659. The molecule has 0 spiro atoms. The first-order valence-corrected chi connectivity index (χ1v) is 8.07. The molecule has 2 aromatic heterocycles. The van der Waals surface area contributed by atoms with Gasteiger partial charge in [-0.2, -0.15) is 0 Å². The van der Waals surface area contributed by atoms with Crippen molar-refractivity contribution in [3.63, 3.8) is 0 Å². The maximum atomic E-state index is 13.1. The number of aryl methyl sites for hydroxylation is 1. The highest BCUT2D eigenvalue weighted by Crippen LogP contribution is 2.31. The van der Waals surface area contributed by atoms with Crippen molar-refractivity contribution in [2.24, 2.45) is 0 Å². The van der Waals surface area contributed by atoms with E-state index in [9.17, 15) is 9.18 Å². The van der Waals surface area contributed by atoms with Gasteiger partial charge in [-0.1, -0.05) is 29.5 Å². The lowest BCUT2D eigenvalue weighted by atomic mass is 10.2. The van der Waals surface area contributed by atoms with E-state index in [1.807, 2.05) is 25.1 Å². The van der Waals surface area contributed by atoms with Crippen molar-refractivity contribution < 1.29 is 9.18 Å². The van der Waals surface area contributed by atoms with Crippen LogP contribution < -0.4 is 5.32 Å². The number of nitrogens with zero attached hydrogens (tertiary/aromatic N) is 2. The predicted octanol–water partition coefficient (Wildman–Crippen LogP) is 4.30. The largest absolute Gasteiger partial charge is 0.298 e. The van der Waals surface area contributed by atoms with Crippen molar-refractivity contribution in [3.8, 4) is 10.6 Å². The van der Waals surface area contributed by atoms with Gasteiger partial charge in [0.05, 0.1) is 16.3 Å². The lowest BCUT2D eigenvalue weighted by Crippen LogP contribution is -2.07. The van der Waals surface area contributed by atoms with Crippen molar-refractivity contribution in [1.29, 1.82) is 0 Å². The van der Waals surface area contributed by atoms with Crippen LogP contribution in [0.1, 0.15) is 11.3 Å². The molecule has 0 radical (unpaired) electrons. The van der Waals surface area contributed by atoms with Crippen molar-refractivity contribution >= 4 is 28.5 Å². The Balaban J connectivity index is 1.71. The molecule has 0 unspecified atom stereocenters. The number of anilines is 1. The lowest BCUT2D eigenvalue weighted by Gasteiger charge is -1.96. The van der Waals surface area contributed by atoms with E-state index in [-0.39, 0.29) is 11.7 Å². The molecule has 1 amide bonds. The first-order valence-electron chi connectivity index (χ1n) is 7.25. The number of carbonyl (C=O) groups excluding carboxylic acids is 1. The zero-order valence-electron chi connectivity index (χ0n) is 12.9. The van der Waals surface area contributed by atoms with Crippen molar-refractivity contribution in [2.75, 3.05) is 5.32 Å². The standard InChI is InChI=1S/C18H14FN3OS/c1-12-17(15-7-2-3-10-20-15)24-18(21-12)22-16(23)9-8-13-5-4-6-14(19)11-13/h2-11H,1H3,(H,21,22,23)/b9-8+. The Labute approximate surface area is 142 Å². The molecule has 2 heterocycles. The van der Waals surface area contributed by atoms with Crippen molar-refractivity contribution in [3.05, 3.63) is 71.8 Å². The van der Waals surface area contributed by atoms with Gasteiger partial charge in [0.25, 0.3) is 0 Å². The minimum Gasteiger partial charge on any atom is -0.298 e. The minimum atomic E-state index is -0.340. The molecular weight excluding hydrogens is 325 g/mol. The van der Waals surface area contributed by atoms with Crippen LogP contribution in [0.25, 0.3) is 16.6 Å². The van der Waals surface area contributed by atoms with Crippen LogP contribution in [0.5, 0.6) is 0 Å². The summed E-state index contributed by atoms with van der Waals surface area (Å²) in [6, 6.07) is 11.7. The number of halogens is 1. The number of pyridine rings is 1. The average Bonchev–Trinajstić information content (AvgIpc) is 2.94. The van der Waals surface area contributed by atoms with Crippen molar-refractivity contribution in [2.45, 2.75) is 6.92 Å². The first-order chi connectivity index (χ1) is 11.6. The van der Waals surface area contributed by atoms with Gasteiger partial charge in [0, 0.05) is 12.3 Å². The molecule has 0 bridgehead atoms. The Morgan fingerprint density at radius 3 is 2.88 bits per heavy atom. The summed E-state index contributed by atoms with van der Waals surface area (Å²) in [6.45, 7) is 1.87. The molecule has 24 heavy (non-hydrogen) atoms. The summed E-state index contributed by atoms with van der Waals surface area (Å²) in [5, 5.41) is 3.22. The van der Waals surface area contributed by atoms with Crippen LogP contribution in [0.2, 0.25) is 0 Å². The predicted molar refractivity (Wildman–Crippen MR) is 94.1 cm³/mol. The second-order valence-corrected chi connectivity index (χ2v) is 6.03. The van der Waals surface area contributed by atoms with Gasteiger partial charge in [-0.05, 0) is 42.8 Å². The molecule has 6 heteroatoms. The number of hydrogen-bond acceptors (Lipinski definition) is 4. The van der Waals surface area contributed by atoms with Crippen molar-refractivity contribution in [1.82, 2.24) is 9.97 Å². The molecule has 4 nitrogen and oxygen atoms in total. The minimum absolute atomic E-state index is 0.319. The molecule has 3 rings (SSSR count). The number of thiazole rings is 1. The average molecular weight is 339 g/mol. The number of amides is 1. The molecule has 1 N–H and O–H groups in total. The number of rotatable bonds is 4. The molecule has 0 saturated heterocycles. The van der Waals surface area contributed by atoms with E-state index in [0.29, 0.717) is 10.7 Å². The van der Waals surface area contributed by atoms with E-state index in [2.05, 4.69) is 15.3 Å². The van der Waals surface area contributed by atoms with Gasteiger partial charge in [-0.15, -0.1) is 0 Å². The molecule has 0 fully saturated rings. The third-order valence-electron chi connectivity index (χ3n) is 3.20. The monoisotopic (exact) mass is 339 g/mol. The molecular formula is C18H14FN3OS. The lowest BCUT2D eigenvalue weighted by molar-refractivity contribution is -0.111. The van der Waals surface area contributed by atoms with E-state index in [4.69, 9.17) is 0 Å². The third-order valence-corrected chi connectivity index (χ3v) is 4.30. The van der Waals surface area contributed by atoms with Gasteiger partial charge in [0.1, 0.15) is 5.82 Å². The highest BCUT2D eigenvalue weighted by Gasteiger charge is 2.11. The van der Waals surface area contributed by atoms with Gasteiger partial charge < -0.3 is 0 Å². The van der Waals surface area contributed by atoms with Gasteiger partial charge in [-0.25, -0.2) is 9.37 Å².